The number of aliphatic hydroxyl groups excluding tert-OH is 1. The molecular weight excluding hydrogens is 622 g/mol. The molecule has 3 N–H and O–H groups in total. The number of hydrogen-bond acceptors (Lipinski definition) is 12. The summed E-state index contributed by atoms with van der Waals surface area (Å²) in [6.45, 7) is 11.1. The van der Waals surface area contributed by atoms with Crippen molar-refractivity contribution in [2.45, 2.75) is 89.3 Å². The molecule has 1 aromatic rings. The Kier molecular flexibility index (Phi) is 16.9. The van der Waals surface area contributed by atoms with Crippen molar-refractivity contribution in [2.75, 3.05) is 79.5 Å². The molecule has 0 aromatic heterocycles. The van der Waals surface area contributed by atoms with Gasteiger partial charge in [-0.05, 0) is 56.1 Å². The van der Waals surface area contributed by atoms with Gasteiger partial charge >= 0.3 is 0 Å². The molecule has 2 heterocycles. The van der Waals surface area contributed by atoms with Gasteiger partial charge in [0.2, 0.25) is 5.91 Å². The first-order chi connectivity index (χ1) is 23.3. The number of hydrogen-bond donors (Lipinski definition) is 3. The standard InChI is InChI=1S/C35H59N3O10/c1-4-44-22-26(2)23-45-24-27-8-11-29(12-9-27)35-31(39)20-37(34(40)7-5-17-48-38(41)42)21-33(35)47-25-28-10-13-32-30(19-28)36(15-18-46-32)14-6-16-43-3/h8-9,11-12,26,28,30-33,35,39,41-42H,4-7,10,13-25H2,1-3H3. The number of likely N-dealkylation sites (tertiary alicyclic amines) is 1. The van der Waals surface area contributed by atoms with Crippen LogP contribution in [0.25, 0.3) is 0 Å². The van der Waals surface area contributed by atoms with Gasteiger partial charge in [-0.3, -0.25) is 24.9 Å². The van der Waals surface area contributed by atoms with E-state index in [0.717, 1.165) is 63.1 Å². The molecular formula is C35H59N3O10. The normalized spacial score (nSPS) is 27.3. The molecule has 274 valence electrons. The molecule has 1 aliphatic carbocycles. The van der Waals surface area contributed by atoms with Gasteiger partial charge in [-0.25, -0.2) is 0 Å². The molecule has 3 fully saturated rings. The lowest BCUT2D eigenvalue weighted by atomic mass is 9.81. The van der Waals surface area contributed by atoms with Crippen LogP contribution in [0, 0.1) is 11.8 Å². The number of β-amino-alcohol motifs (C(OH)–C–C–N with tert-alkyl or cyclic N) is 1. The second kappa shape index (κ2) is 20.8. The van der Waals surface area contributed by atoms with Crippen LogP contribution in [-0.2, 0) is 39.9 Å². The number of piperidine rings is 1. The van der Waals surface area contributed by atoms with Crippen LogP contribution in [0.15, 0.2) is 24.3 Å². The minimum absolute atomic E-state index is 0.0186. The van der Waals surface area contributed by atoms with E-state index in [-0.39, 0.29) is 49.0 Å². The fourth-order valence-corrected chi connectivity index (χ4v) is 7.27. The lowest BCUT2D eigenvalue weighted by molar-refractivity contribution is -0.492. The summed E-state index contributed by atoms with van der Waals surface area (Å²) in [5.74, 6) is 0.236. The fraction of sp³-hybridized carbons (Fsp3) is 0.800. The minimum Gasteiger partial charge on any atom is -0.391 e. The van der Waals surface area contributed by atoms with E-state index < -0.39 is 6.10 Å². The number of rotatable bonds is 20. The molecule has 2 saturated heterocycles. The van der Waals surface area contributed by atoms with Crippen molar-refractivity contribution in [1.82, 2.24) is 15.2 Å². The highest BCUT2D eigenvalue weighted by molar-refractivity contribution is 5.76. The van der Waals surface area contributed by atoms with Crippen LogP contribution in [0.3, 0.4) is 0 Å². The molecule has 0 bridgehead atoms. The third-order valence-electron chi connectivity index (χ3n) is 9.74. The number of amides is 1. The predicted molar refractivity (Wildman–Crippen MR) is 176 cm³/mol. The van der Waals surface area contributed by atoms with Crippen LogP contribution in [-0.4, -0.2) is 141 Å². The van der Waals surface area contributed by atoms with E-state index in [4.69, 9.17) is 34.1 Å². The Morgan fingerprint density at radius 1 is 1.08 bits per heavy atom. The third kappa shape index (κ3) is 12.2. The first-order valence-electron chi connectivity index (χ1n) is 17.8. The average Bonchev–Trinajstić information content (AvgIpc) is 3.08. The molecule has 3 aliphatic rings. The van der Waals surface area contributed by atoms with Crippen molar-refractivity contribution in [1.29, 1.82) is 0 Å². The summed E-state index contributed by atoms with van der Waals surface area (Å²) < 4.78 is 29.6. The van der Waals surface area contributed by atoms with Crippen LogP contribution < -0.4 is 0 Å². The molecule has 13 heteroatoms. The van der Waals surface area contributed by atoms with Gasteiger partial charge in [0.05, 0.1) is 56.7 Å². The summed E-state index contributed by atoms with van der Waals surface area (Å²) >= 11 is 0. The number of carbonyl (C=O) groups is 1. The largest absolute Gasteiger partial charge is 0.391 e. The van der Waals surface area contributed by atoms with E-state index in [1.807, 2.05) is 31.2 Å². The smallest absolute Gasteiger partial charge is 0.222 e. The molecule has 0 spiro atoms. The SMILES string of the molecule is CCOCC(C)COCc1ccc(C2C(O)CN(C(=O)CCCON(O)O)CC2OCC2CCC3OCCN(CCCOC)C3C2)cc1. The number of fused-ring (bicyclic) bond motifs is 1. The summed E-state index contributed by atoms with van der Waals surface area (Å²) in [6.07, 6.45) is 3.50. The predicted octanol–water partition coefficient (Wildman–Crippen LogP) is 3.25. The molecule has 7 unspecified atom stereocenters. The van der Waals surface area contributed by atoms with Crippen LogP contribution in [0.5, 0.6) is 0 Å². The highest BCUT2D eigenvalue weighted by Crippen LogP contribution is 2.36. The van der Waals surface area contributed by atoms with Crippen molar-refractivity contribution < 1.29 is 48.8 Å². The van der Waals surface area contributed by atoms with E-state index in [9.17, 15) is 9.90 Å². The van der Waals surface area contributed by atoms with Crippen molar-refractivity contribution in [2.24, 2.45) is 11.8 Å². The first-order valence-corrected chi connectivity index (χ1v) is 17.8. The van der Waals surface area contributed by atoms with E-state index in [0.29, 0.717) is 63.9 Å². The highest BCUT2D eigenvalue weighted by atomic mass is 17.1. The van der Waals surface area contributed by atoms with Gasteiger partial charge < -0.3 is 33.7 Å². The molecule has 4 rings (SSSR count). The van der Waals surface area contributed by atoms with Crippen molar-refractivity contribution in [3.05, 3.63) is 35.4 Å². The number of methoxy groups -OCH3 is 1. The van der Waals surface area contributed by atoms with Crippen LogP contribution in [0.1, 0.15) is 69.4 Å². The molecule has 2 aliphatic heterocycles. The maximum atomic E-state index is 13.2. The topological polar surface area (TPSA) is 143 Å². The van der Waals surface area contributed by atoms with Gasteiger partial charge in [0.25, 0.3) is 0 Å². The number of benzene rings is 1. The van der Waals surface area contributed by atoms with Crippen LogP contribution in [0.2, 0.25) is 0 Å². The average molecular weight is 682 g/mol. The molecule has 48 heavy (non-hydrogen) atoms. The Labute approximate surface area is 285 Å². The Morgan fingerprint density at radius 3 is 2.62 bits per heavy atom. The number of morpholine rings is 1. The van der Waals surface area contributed by atoms with Gasteiger partial charge in [0, 0.05) is 77.4 Å². The molecule has 13 nitrogen and oxygen atoms in total. The molecule has 1 amide bonds. The maximum Gasteiger partial charge on any atom is 0.222 e. The summed E-state index contributed by atoms with van der Waals surface area (Å²) in [5, 5.41) is 28.7. The third-order valence-corrected chi connectivity index (χ3v) is 9.74. The minimum atomic E-state index is -0.811. The zero-order chi connectivity index (χ0) is 34.3. The quantitative estimate of drug-likeness (QED) is 0.137. The lowest BCUT2D eigenvalue weighted by Crippen LogP contribution is -2.55. The Balaban J connectivity index is 1.39. The van der Waals surface area contributed by atoms with Crippen molar-refractivity contribution >= 4 is 5.91 Å². The monoisotopic (exact) mass is 681 g/mol. The summed E-state index contributed by atoms with van der Waals surface area (Å²) in [4.78, 5) is 22.0. The van der Waals surface area contributed by atoms with Crippen LogP contribution >= 0.6 is 0 Å². The van der Waals surface area contributed by atoms with E-state index in [2.05, 4.69) is 16.7 Å². The van der Waals surface area contributed by atoms with Gasteiger partial charge in [-0.1, -0.05) is 31.2 Å². The van der Waals surface area contributed by atoms with Crippen molar-refractivity contribution in [3.8, 4) is 0 Å². The molecule has 1 aromatic carbocycles. The fourth-order valence-electron chi connectivity index (χ4n) is 7.27. The number of nitrogens with zero attached hydrogens (tertiary/aromatic N) is 3. The number of ether oxygens (including phenoxy) is 5. The van der Waals surface area contributed by atoms with Crippen LogP contribution in [0.4, 0.5) is 0 Å². The first kappa shape index (κ1) is 39.0. The zero-order valence-corrected chi connectivity index (χ0v) is 29.1. The lowest BCUT2D eigenvalue weighted by Gasteiger charge is -2.47. The Morgan fingerprint density at radius 2 is 1.88 bits per heavy atom. The van der Waals surface area contributed by atoms with Gasteiger partial charge in [0.15, 0.2) is 0 Å². The maximum absolute atomic E-state index is 13.2. The summed E-state index contributed by atoms with van der Waals surface area (Å²) in [5.41, 5.74) is 2.02. The highest BCUT2D eigenvalue weighted by Gasteiger charge is 2.41. The molecule has 1 saturated carbocycles. The summed E-state index contributed by atoms with van der Waals surface area (Å²) in [7, 11) is 1.74. The van der Waals surface area contributed by atoms with Crippen molar-refractivity contribution in [3.63, 3.8) is 0 Å². The molecule has 0 radical (unpaired) electrons. The van der Waals surface area contributed by atoms with Gasteiger partial charge in [-0.15, -0.1) is 0 Å². The van der Waals surface area contributed by atoms with E-state index in [1.54, 1.807) is 12.0 Å². The van der Waals surface area contributed by atoms with Gasteiger partial charge in [-0.2, -0.15) is 0 Å². The second-order valence-corrected chi connectivity index (χ2v) is 13.5. The Bertz CT molecular complexity index is 1050. The van der Waals surface area contributed by atoms with E-state index >= 15 is 0 Å². The zero-order valence-electron chi connectivity index (χ0n) is 29.1. The molecule has 7 atom stereocenters. The number of aliphatic hydroxyl groups is 1. The van der Waals surface area contributed by atoms with E-state index in [1.165, 1.54) is 0 Å². The summed E-state index contributed by atoms with van der Waals surface area (Å²) in [6, 6.07) is 8.52. The second-order valence-electron chi connectivity index (χ2n) is 13.5. The Hall–Kier alpha value is -1.75. The number of carbonyl (C=O) groups excluding carboxylic acids is 1. The van der Waals surface area contributed by atoms with Gasteiger partial charge in [0.1, 0.15) is 0 Å².